The van der Waals surface area contributed by atoms with E-state index >= 15 is 0 Å². The number of benzene rings is 2. The number of thioether (sulfide) groups is 1. The van der Waals surface area contributed by atoms with E-state index in [0.29, 0.717) is 37.0 Å². The van der Waals surface area contributed by atoms with Gasteiger partial charge in [0.05, 0.1) is 17.0 Å². The van der Waals surface area contributed by atoms with Crippen LogP contribution in [0.2, 0.25) is 15.1 Å². The fourth-order valence-corrected chi connectivity index (χ4v) is 4.53. The molecule has 158 valence electrons. The van der Waals surface area contributed by atoms with Gasteiger partial charge in [0.25, 0.3) is 11.1 Å². The van der Waals surface area contributed by atoms with Crippen molar-refractivity contribution in [2.75, 3.05) is 7.11 Å². The fraction of sp³-hybridized carbons (Fsp3) is 0.238. The Labute approximate surface area is 193 Å². The lowest BCUT2D eigenvalue weighted by Crippen LogP contribution is -2.34. The summed E-state index contributed by atoms with van der Waals surface area (Å²) >= 11 is 19.4. The molecule has 1 fully saturated rings. The van der Waals surface area contributed by atoms with E-state index in [2.05, 4.69) is 0 Å². The Morgan fingerprint density at radius 2 is 1.83 bits per heavy atom. The summed E-state index contributed by atoms with van der Waals surface area (Å²) in [5.74, 6) is 0.410. The summed E-state index contributed by atoms with van der Waals surface area (Å²) in [7, 11) is 1.49. The quantitative estimate of drug-likeness (QED) is 0.426. The van der Waals surface area contributed by atoms with Gasteiger partial charge in [0, 0.05) is 21.7 Å². The molecule has 0 saturated carbocycles. The third-order valence-corrected chi connectivity index (χ3v) is 6.03. The van der Waals surface area contributed by atoms with Crippen LogP contribution in [0.3, 0.4) is 0 Å². The highest BCUT2D eigenvalue weighted by atomic mass is 35.5. The Morgan fingerprint density at radius 3 is 2.43 bits per heavy atom. The van der Waals surface area contributed by atoms with Crippen LogP contribution >= 0.6 is 46.6 Å². The first-order chi connectivity index (χ1) is 14.2. The van der Waals surface area contributed by atoms with Crippen LogP contribution in [-0.2, 0) is 11.4 Å². The van der Waals surface area contributed by atoms with E-state index in [1.807, 2.05) is 0 Å². The van der Waals surface area contributed by atoms with Crippen molar-refractivity contribution in [3.8, 4) is 11.5 Å². The molecule has 1 saturated heterocycles. The summed E-state index contributed by atoms with van der Waals surface area (Å²) in [5, 5.41) is 1.02. The molecule has 30 heavy (non-hydrogen) atoms. The molecule has 9 heteroatoms. The summed E-state index contributed by atoms with van der Waals surface area (Å²) in [6.45, 7) is 3.75. The summed E-state index contributed by atoms with van der Waals surface area (Å²) in [6.07, 6.45) is 1.61. The van der Waals surface area contributed by atoms with Gasteiger partial charge < -0.3 is 9.47 Å². The molecule has 0 aliphatic carbocycles. The van der Waals surface area contributed by atoms with Crippen molar-refractivity contribution in [3.63, 3.8) is 0 Å². The van der Waals surface area contributed by atoms with Gasteiger partial charge in [0.15, 0.2) is 11.5 Å². The zero-order valence-electron chi connectivity index (χ0n) is 16.4. The SMILES string of the molecule is COc1cc(/C=C2/SC(=O)N(C(C)C)C2=O)cc(Cl)c1OCc1ccc(Cl)cc1Cl. The number of hydrogen-bond acceptors (Lipinski definition) is 5. The van der Waals surface area contributed by atoms with Crippen molar-refractivity contribution >= 4 is 63.8 Å². The third-order valence-electron chi connectivity index (χ3n) is 4.28. The minimum atomic E-state index is -0.326. The van der Waals surface area contributed by atoms with Crippen LogP contribution in [-0.4, -0.2) is 29.2 Å². The third kappa shape index (κ3) is 4.89. The number of carbonyl (C=O) groups excluding carboxylic acids is 2. The van der Waals surface area contributed by atoms with Crippen molar-refractivity contribution in [1.82, 2.24) is 4.90 Å². The standard InChI is InChI=1S/C21H18Cl3NO4S/c1-11(2)25-20(26)18(30-21(25)27)8-12-6-16(24)19(17(7-12)28-3)29-10-13-4-5-14(22)9-15(13)23/h4-9,11H,10H2,1-3H3/b18-8+. The van der Waals surface area contributed by atoms with E-state index in [4.69, 9.17) is 44.3 Å². The topological polar surface area (TPSA) is 55.8 Å². The highest BCUT2D eigenvalue weighted by Crippen LogP contribution is 2.40. The molecule has 0 N–H and O–H groups in total. The van der Waals surface area contributed by atoms with Gasteiger partial charge in [-0.2, -0.15) is 0 Å². The number of imide groups is 1. The smallest absolute Gasteiger partial charge is 0.293 e. The maximum Gasteiger partial charge on any atom is 0.293 e. The number of amides is 2. The number of hydrogen-bond donors (Lipinski definition) is 0. The van der Waals surface area contributed by atoms with E-state index < -0.39 is 0 Å². The predicted octanol–water partition coefficient (Wildman–Crippen LogP) is 6.68. The molecule has 1 heterocycles. The molecule has 3 rings (SSSR count). The minimum absolute atomic E-state index is 0.165. The highest BCUT2D eigenvalue weighted by molar-refractivity contribution is 8.18. The number of carbonyl (C=O) groups is 2. The summed E-state index contributed by atoms with van der Waals surface area (Å²) in [6, 6.07) is 8.24. The maximum atomic E-state index is 12.5. The second kappa shape index (κ2) is 9.52. The molecule has 0 spiro atoms. The minimum Gasteiger partial charge on any atom is -0.493 e. The van der Waals surface area contributed by atoms with Crippen molar-refractivity contribution in [3.05, 3.63) is 61.4 Å². The van der Waals surface area contributed by atoms with Crippen LogP contribution in [0.1, 0.15) is 25.0 Å². The lowest BCUT2D eigenvalue weighted by molar-refractivity contribution is -0.123. The molecule has 1 aliphatic heterocycles. The lowest BCUT2D eigenvalue weighted by Gasteiger charge is -2.16. The second-order valence-electron chi connectivity index (χ2n) is 6.70. The van der Waals surface area contributed by atoms with Crippen LogP contribution < -0.4 is 9.47 Å². The zero-order valence-corrected chi connectivity index (χ0v) is 19.5. The summed E-state index contributed by atoms with van der Waals surface area (Å²) in [4.78, 5) is 26.1. The second-order valence-corrected chi connectivity index (χ2v) is 8.95. The van der Waals surface area contributed by atoms with Gasteiger partial charge in [0.2, 0.25) is 0 Å². The molecular formula is C21H18Cl3NO4S. The monoisotopic (exact) mass is 485 g/mol. The summed E-state index contributed by atoms with van der Waals surface area (Å²) < 4.78 is 11.3. The van der Waals surface area contributed by atoms with Crippen molar-refractivity contribution in [1.29, 1.82) is 0 Å². The normalized spacial score (nSPS) is 15.4. The van der Waals surface area contributed by atoms with E-state index in [-0.39, 0.29) is 23.8 Å². The van der Waals surface area contributed by atoms with E-state index in [9.17, 15) is 9.59 Å². The molecule has 2 aromatic carbocycles. The van der Waals surface area contributed by atoms with Gasteiger partial charge in [-0.15, -0.1) is 0 Å². The first-order valence-corrected chi connectivity index (χ1v) is 10.9. The average molecular weight is 487 g/mol. The fourth-order valence-electron chi connectivity index (χ4n) is 2.83. The Balaban J connectivity index is 1.85. The van der Waals surface area contributed by atoms with E-state index in [1.165, 1.54) is 12.0 Å². The molecule has 5 nitrogen and oxygen atoms in total. The first kappa shape index (κ1) is 22.8. The largest absolute Gasteiger partial charge is 0.493 e. The van der Waals surface area contributed by atoms with Crippen LogP contribution in [0.4, 0.5) is 4.79 Å². The number of methoxy groups -OCH3 is 1. The van der Waals surface area contributed by atoms with Gasteiger partial charge in [0.1, 0.15) is 6.61 Å². The molecular weight excluding hydrogens is 469 g/mol. The number of ether oxygens (including phenoxy) is 2. The van der Waals surface area contributed by atoms with Gasteiger partial charge >= 0.3 is 0 Å². The predicted molar refractivity (Wildman–Crippen MR) is 122 cm³/mol. The average Bonchev–Trinajstić information content (AvgIpc) is 2.95. The molecule has 2 amide bonds. The molecule has 0 aromatic heterocycles. The van der Waals surface area contributed by atoms with Crippen LogP contribution in [0.5, 0.6) is 11.5 Å². The number of rotatable bonds is 6. The Morgan fingerprint density at radius 1 is 1.10 bits per heavy atom. The molecule has 0 radical (unpaired) electrons. The van der Waals surface area contributed by atoms with Crippen molar-refractivity contribution in [2.24, 2.45) is 0 Å². The highest BCUT2D eigenvalue weighted by Gasteiger charge is 2.36. The molecule has 2 aromatic rings. The van der Waals surface area contributed by atoms with Crippen molar-refractivity contribution in [2.45, 2.75) is 26.5 Å². The number of halogens is 3. The van der Waals surface area contributed by atoms with Crippen LogP contribution in [0, 0.1) is 0 Å². The molecule has 0 unspecified atom stereocenters. The van der Waals surface area contributed by atoms with Crippen LogP contribution in [0.25, 0.3) is 6.08 Å². The Hall–Kier alpha value is -1.86. The van der Waals surface area contributed by atoms with Crippen LogP contribution in [0.15, 0.2) is 35.2 Å². The summed E-state index contributed by atoms with van der Waals surface area (Å²) in [5.41, 5.74) is 1.36. The maximum absolute atomic E-state index is 12.5. The molecule has 1 aliphatic rings. The van der Waals surface area contributed by atoms with E-state index in [0.717, 1.165) is 17.3 Å². The Kier molecular flexibility index (Phi) is 7.24. The van der Waals surface area contributed by atoms with Gasteiger partial charge in [-0.1, -0.05) is 40.9 Å². The first-order valence-electron chi connectivity index (χ1n) is 8.92. The lowest BCUT2D eigenvalue weighted by atomic mass is 10.1. The van der Waals surface area contributed by atoms with Gasteiger partial charge in [-0.25, -0.2) is 0 Å². The Bertz CT molecular complexity index is 1040. The molecule has 0 atom stereocenters. The number of nitrogens with zero attached hydrogens (tertiary/aromatic N) is 1. The zero-order chi connectivity index (χ0) is 22.0. The van der Waals surface area contributed by atoms with Gasteiger partial charge in [-0.3, -0.25) is 14.5 Å². The van der Waals surface area contributed by atoms with Gasteiger partial charge in [-0.05, 0) is 61.5 Å². The van der Waals surface area contributed by atoms with E-state index in [1.54, 1.807) is 50.3 Å². The van der Waals surface area contributed by atoms with Crippen molar-refractivity contribution < 1.29 is 19.1 Å². The molecule has 0 bridgehead atoms.